The summed E-state index contributed by atoms with van der Waals surface area (Å²) in [6.45, 7) is 1.16. The highest BCUT2D eigenvalue weighted by Crippen LogP contribution is 2.51. The van der Waals surface area contributed by atoms with Crippen LogP contribution in [0.5, 0.6) is 17.2 Å². The maximum absolute atomic E-state index is 13.1. The van der Waals surface area contributed by atoms with Crippen molar-refractivity contribution >= 4 is 17.5 Å². The van der Waals surface area contributed by atoms with Crippen LogP contribution in [-0.2, 0) is 6.42 Å². The first kappa shape index (κ1) is 22.2. The zero-order valence-corrected chi connectivity index (χ0v) is 20.1. The number of fused-ring (bicyclic) bond motifs is 2. The van der Waals surface area contributed by atoms with E-state index in [2.05, 4.69) is 20.2 Å². The van der Waals surface area contributed by atoms with Crippen LogP contribution in [-0.4, -0.2) is 51.1 Å². The van der Waals surface area contributed by atoms with Crippen molar-refractivity contribution in [2.75, 3.05) is 40.8 Å². The van der Waals surface area contributed by atoms with Gasteiger partial charge in [-0.3, -0.25) is 4.79 Å². The maximum Gasteiger partial charge on any atom is 0.231 e. The lowest BCUT2D eigenvalue weighted by atomic mass is 9.86. The lowest BCUT2D eigenvalue weighted by Gasteiger charge is -2.43. The van der Waals surface area contributed by atoms with Gasteiger partial charge in [-0.25, -0.2) is 0 Å². The molecule has 0 radical (unpaired) electrons. The molecule has 0 fully saturated rings. The fourth-order valence-electron chi connectivity index (χ4n) is 4.19. The Labute approximate surface area is 193 Å². The lowest BCUT2D eigenvalue weighted by molar-refractivity contribution is -0.922. The Morgan fingerprint density at radius 1 is 1.24 bits per heavy atom. The van der Waals surface area contributed by atoms with Crippen LogP contribution < -0.4 is 38.2 Å². The standard InChI is InChI=1S/C22H26NO4S.HI/c1-23(2)10-9-15-11-19-21(27-13-26-19)22(25-3)20(15)17(23)12-18(24)14-5-7-16(28-4)8-6-14;/h5-8,11,17H,9-10,12-13H2,1-4H3;1H/q+1;/p-1. The van der Waals surface area contributed by atoms with Crippen molar-refractivity contribution in [1.82, 2.24) is 0 Å². The van der Waals surface area contributed by atoms with E-state index in [1.165, 1.54) is 5.56 Å². The number of ketones is 1. The Bertz CT molecular complexity index is 914. The van der Waals surface area contributed by atoms with Crippen molar-refractivity contribution in [3.8, 4) is 17.2 Å². The predicted octanol–water partition coefficient (Wildman–Crippen LogP) is 1.10. The van der Waals surface area contributed by atoms with Crippen molar-refractivity contribution in [2.24, 2.45) is 0 Å². The maximum atomic E-state index is 13.1. The molecule has 2 aromatic rings. The molecule has 2 heterocycles. The Balaban J connectivity index is 0.00000240. The van der Waals surface area contributed by atoms with E-state index in [0.29, 0.717) is 17.9 Å². The van der Waals surface area contributed by atoms with E-state index in [9.17, 15) is 4.79 Å². The summed E-state index contributed by atoms with van der Waals surface area (Å²) in [7, 11) is 6.02. The van der Waals surface area contributed by atoms with Crippen LogP contribution in [0.3, 0.4) is 0 Å². The van der Waals surface area contributed by atoms with Crippen LogP contribution >= 0.6 is 11.8 Å². The summed E-state index contributed by atoms with van der Waals surface area (Å²) in [5.74, 6) is 2.26. The monoisotopic (exact) mass is 527 g/mol. The van der Waals surface area contributed by atoms with Gasteiger partial charge < -0.3 is 42.7 Å². The van der Waals surface area contributed by atoms with Crippen LogP contribution in [0, 0.1) is 0 Å². The molecule has 2 aliphatic rings. The molecule has 2 aliphatic heterocycles. The number of Topliss-reactive ketones (excluding diaryl/α,β-unsaturated/α-hetero) is 1. The van der Waals surface area contributed by atoms with Crippen molar-refractivity contribution in [1.29, 1.82) is 0 Å². The lowest BCUT2D eigenvalue weighted by Crippen LogP contribution is -3.00. The third kappa shape index (κ3) is 4.09. The molecule has 4 rings (SSSR count). The van der Waals surface area contributed by atoms with E-state index < -0.39 is 0 Å². The van der Waals surface area contributed by atoms with Gasteiger partial charge in [0.1, 0.15) is 6.04 Å². The van der Waals surface area contributed by atoms with E-state index in [1.54, 1.807) is 18.9 Å². The third-order valence-electron chi connectivity index (χ3n) is 5.87. The molecule has 1 unspecified atom stereocenters. The summed E-state index contributed by atoms with van der Waals surface area (Å²) in [6, 6.07) is 9.92. The topological polar surface area (TPSA) is 44.8 Å². The molecule has 0 amide bonds. The second-order valence-electron chi connectivity index (χ2n) is 7.84. The van der Waals surface area contributed by atoms with Crippen LogP contribution in [0.25, 0.3) is 0 Å². The predicted molar refractivity (Wildman–Crippen MR) is 110 cm³/mol. The Morgan fingerprint density at radius 2 is 1.97 bits per heavy atom. The number of methoxy groups -OCH3 is 1. The van der Waals surface area contributed by atoms with Gasteiger partial charge in [-0.1, -0.05) is 12.1 Å². The highest BCUT2D eigenvalue weighted by atomic mass is 127. The number of nitrogens with zero attached hydrogens (tertiary/aromatic N) is 1. The minimum absolute atomic E-state index is 0. The molecule has 2 aromatic carbocycles. The normalized spacial score (nSPS) is 18.6. The SMILES string of the molecule is COc1c2c(cc3c1C(CC(=O)c1ccc(SC)cc1)[N+](C)(C)CC3)OCO2.[I-]. The molecule has 156 valence electrons. The Hall–Kier alpha value is -1.45. The molecule has 0 saturated carbocycles. The summed E-state index contributed by atoms with van der Waals surface area (Å²) >= 11 is 1.67. The second-order valence-corrected chi connectivity index (χ2v) is 8.72. The van der Waals surface area contributed by atoms with E-state index in [-0.39, 0.29) is 42.6 Å². The van der Waals surface area contributed by atoms with Crippen molar-refractivity contribution in [3.63, 3.8) is 0 Å². The van der Waals surface area contributed by atoms with Gasteiger partial charge in [-0.2, -0.15) is 0 Å². The number of carbonyl (C=O) groups excluding carboxylic acids is 1. The van der Waals surface area contributed by atoms with Gasteiger partial charge in [0, 0.05) is 16.9 Å². The number of hydrogen-bond donors (Lipinski definition) is 0. The zero-order chi connectivity index (χ0) is 19.9. The fraction of sp³-hybridized carbons (Fsp3) is 0.409. The van der Waals surface area contributed by atoms with Crippen LogP contribution in [0.2, 0.25) is 0 Å². The number of likely N-dealkylation sites (N-methyl/N-ethyl adjacent to an activating group) is 1. The average Bonchev–Trinajstić information content (AvgIpc) is 3.16. The molecule has 5 nitrogen and oxygen atoms in total. The van der Waals surface area contributed by atoms with Gasteiger partial charge in [0.15, 0.2) is 17.3 Å². The largest absolute Gasteiger partial charge is 1.00 e. The second kappa shape index (κ2) is 8.73. The van der Waals surface area contributed by atoms with Gasteiger partial charge >= 0.3 is 0 Å². The van der Waals surface area contributed by atoms with E-state index in [1.807, 2.05) is 30.5 Å². The van der Waals surface area contributed by atoms with Crippen molar-refractivity contribution in [3.05, 3.63) is 47.0 Å². The van der Waals surface area contributed by atoms with E-state index >= 15 is 0 Å². The summed E-state index contributed by atoms with van der Waals surface area (Å²) in [5, 5.41) is 0. The fourth-order valence-corrected chi connectivity index (χ4v) is 4.59. The first-order valence-corrected chi connectivity index (χ1v) is 10.7. The van der Waals surface area contributed by atoms with Gasteiger partial charge in [0.25, 0.3) is 0 Å². The first-order valence-electron chi connectivity index (χ1n) is 9.44. The molecular formula is C22H26INO4S. The summed E-state index contributed by atoms with van der Waals surface area (Å²) in [6.07, 6.45) is 3.38. The molecule has 0 bridgehead atoms. The molecule has 0 aromatic heterocycles. The van der Waals surface area contributed by atoms with Crippen LogP contribution in [0.15, 0.2) is 35.2 Å². The minimum atomic E-state index is 0. The number of thioether (sulfide) groups is 1. The molecule has 29 heavy (non-hydrogen) atoms. The Kier molecular flexibility index (Phi) is 6.70. The molecule has 0 saturated heterocycles. The van der Waals surface area contributed by atoms with Gasteiger partial charge in [0.2, 0.25) is 12.5 Å². The van der Waals surface area contributed by atoms with Gasteiger partial charge in [-0.15, -0.1) is 11.8 Å². The van der Waals surface area contributed by atoms with Crippen molar-refractivity contribution < 1.29 is 47.5 Å². The highest BCUT2D eigenvalue weighted by Gasteiger charge is 2.42. The van der Waals surface area contributed by atoms with Crippen LogP contribution in [0.4, 0.5) is 0 Å². The van der Waals surface area contributed by atoms with E-state index in [0.717, 1.165) is 39.2 Å². The molecule has 0 aliphatic carbocycles. The van der Waals surface area contributed by atoms with Crippen molar-refractivity contribution in [2.45, 2.75) is 23.8 Å². The van der Waals surface area contributed by atoms with Gasteiger partial charge in [0.05, 0.1) is 39.7 Å². The number of rotatable bonds is 5. The first-order chi connectivity index (χ1) is 13.4. The smallest absolute Gasteiger partial charge is 0.231 e. The summed E-state index contributed by atoms with van der Waals surface area (Å²) in [5.41, 5.74) is 3.02. The molecule has 7 heteroatoms. The van der Waals surface area contributed by atoms with Gasteiger partial charge in [-0.05, 0) is 30.0 Å². The summed E-state index contributed by atoms with van der Waals surface area (Å²) in [4.78, 5) is 14.3. The number of ether oxygens (including phenoxy) is 3. The van der Waals surface area contributed by atoms with E-state index in [4.69, 9.17) is 14.2 Å². The molecular weight excluding hydrogens is 501 g/mol. The summed E-state index contributed by atoms with van der Waals surface area (Å²) < 4.78 is 17.8. The number of hydrogen-bond acceptors (Lipinski definition) is 5. The van der Waals surface area contributed by atoms with Crippen LogP contribution in [0.1, 0.15) is 33.9 Å². The number of quaternary nitrogens is 1. The third-order valence-corrected chi connectivity index (χ3v) is 6.62. The Morgan fingerprint density at radius 3 is 2.62 bits per heavy atom. The number of carbonyl (C=O) groups is 1. The minimum Gasteiger partial charge on any atom is -1.00 e. The molecule has 1 atom stereocenters. The molecule has 0 N–H and O–H groups in total. The highest BCUT2D eigenvalue weighted by molar-refractivity contribution is 7.98. The molecule has 0 spiro atoms. The quantitative estimate of drug-likeness (QED) is 0.252. The number of halogens is 1. The average molecular weight is 527 g/mol. The number of benzene rings is 2. The zero-order valence-electron chi connectivity index (χ0n) is 17.2.